The average molecular weight is 131 g/mol. The maximum absolute atomic E-state index is 5.17. The first-order valence-corrected chi connectivity index (χ1v) is 2.95. The monoisotopic (exact) mass is 131 g/mol. The molecule has 53 valence electrons. The molecule has 1 heterocycles. The Labute approximate surface area is 54.9 Å². The summed E-state index contributed by atoms with van der Waals surface area (Å²) >= 11 is 0. The normalized spacial score (nSPS) is 29.3. The molecule has 1 aliphatic rings. The molecule has 0 aromatic carbocycles. The summed E-state index contributed by atoms with van der Waals surface area (Å²) in [6.07, 6.45) is 0.757. The topological polar surface area (TPSA) is 27.7 Å². The summed E-state index contributed by atoms with van der Waals surface area (Å²) in [6.45, 7) is 3.03. The molecule has 1 atom stereocenters. The minimum Gasteiger partial charge on any atom is -0.382 e. The third-order valence-corrected chi connectivity index (χ3v) is 1.16. The van der Waals surface area contributed by atoms with Crippen LogP contribution in [0.25, 0.3) is 0 Å². The van der Waals surface area contributed by atoms with Crippen LogP contribution in [0.15, 0.2) is 0 Å². The van der Waals surface area contributed by atoms with Crippen molar-refractivity contribution in [3.63, 3.8) is 0 Å². The highest BCUT2D eigenvalue weighted by molar-refractivity contribution is 4.71. The minimum absolute atomic E-state index is 0.106. The zero-order chi connectivity index (χ0) is 6.69. The molecule has 0 aliphatic carbocycles. The quantitative estimate of drug-likeness (QED) is 0.548. The van der Waals surface area contributed by atoms with Gasteiger partial charge in [-0.05, 0) is 6.92 Å². The maximum atomic E-state index is 5.17. The van der Waals surface area contributed by atoms with Crippen molar-refractivity contribution >= 4 is 0 Å². The Morgan fingerprint density at radius 2 is 2.56 bits per heavy atom. The molecular formula is C6H11O3. The molecule has 0 N–H and O–H groups in total. The van der Waals surface area contributed by atoms with Gasteiger partial charge in [-0.1, -0.05) is 0 Å². The van der Waals surface area contributed by atoms with Gasteiger partial charge in [-0.15, -0.1) is 0 Å². The van der Waals surface area contributed by atoms with E-state index < -0.39 is 0 Å². The Morgan fingerprint density at radius 3 is 3.00 bits per heavy atom. The minimum atomic E-state index is 0.106. The average Bonchev–Trinajstić information content (AvgIpc) is 2.17. The first kappa shape index (κ1) is 6.99. The van der Waals surface area contributed by atoms with Gasteiger partial charge in [0.2, 0.25) is 6.29 Å². The van der Waals surface area contributed by atoms with Gasteiger partial charge >= 0.3 is 0 Å². The molecule has 0 aromatic heterocycles. The Hall–Kier alpha value is -0.120. The highest BCUT2D eigenvalue weighted by Crippen LogP contribution is 2.16. The Balaban J connectivity index is 2.14. The van der Waals surface area contributed by atoms with Gasteiger partial charge < -0.3 is 14.2 Å². The van der Waals surface area contributed by atoms with Crippen molar-refractivity contribution in [1.82, 2.24) is 0 Å². The molecule has 1 saturated heterocycles. The lowest BCUT2D eigenvalue weighted by Crippen LogP contribution is -2.15. The molecule has 1 fully saturated rings. The summed E-state index contributed by atoms with van der Waals surface area (Å²) in [5.74, 6) is 0. The number of methoxy groups -OCH3 is 1. The van der Waals surface area contributed by atoms with Gasteiger partial charge in [-0.3, -0.25) is 0 Å². The van der Waals surface area contributed by atoms with E-state index in [2.05, 4.69) is 0 Å². The van der Waals surface area contributed by atoms with E-state index in [4.69, 9.17) is 14.2 Å². The van der Waals surface area contributed by atoms with Crippen molar-refractivity contribution < 1.29 is 14.2 Å². The lowest BCUT2D eigenvalue weighted by atomic mass is 10.4. The molecule has 0 bridgehead atoms. The van der Waals surface area contributed by atoms with Crippen molar-refractivity contribution in [3.05, 3.63) is 6.29 Å². The Kier molecular flexibility index (Phi) is 2.45. The first-order valence-electron chi connectivity index (χ1n) is 2.95. The number of rotatable bonds is 2. The lowest BCUT2D eigenvalue weighted by molar-refractivity contribution is 0.0287. The second-order valence-corrected chi connectivity index (χ2v) is 2.00. The summed E-state index contributed by atoms with van der Waals surface area (Å²) < 4.78 is 15.1. The van der Waals surface area contributed by atoms with Crippen LogP contribution in [0.5, 0.6) is 0 Å². The van der Waals surface area contributed by atoms with E-state index in [1.54, 1.807) is 14.0 Å². The fourth-order valence-electron chi connectivity index (χ4n) is 0.781. The van der Waals surface area contributed by atoms with E-state index in [0.29, 0.717) is 19.5 Å². The van der Waals surface area contributed by atoms with Gasteiger partial charge in [-0.2, -0.15) is 0 Å². The summed E-state index contributed by atoms with van der Waals surface area (Å²) in [7, 11) is 1.65. The first-order chi connectivity index (χ1) is 4.33. The van der Waals surface area contributed by atoms with Gasteiger partial charge in [0.05, 0.1) is 13.2 Å². The van der Waals surface area contributed by atoms with Crippen molar-refractivity contribution in [2.45, 2.75) is 13.0 Å². The predicted octanol–water partition coefficient (Wildman–Crippen LogP) is 0.558. The summed E-state index contributed by atoms with van der Waals surface area (Å²) in [4.78, 5) is 0. The van der Waals surface area contributed by atoms with E-state index in [-0.39, 0.29) is 6.10 Å². The summed E-state index contributed by atoms with van der Waals surface area (Å²) in [5, 5.41) is 0. The van der Waals surface area contributed by atoms with Gasteiger partial charge in [0.1, 0.15) is 6.10 Å². The van der Waals surface area contributed by atoms with Crippen LogP contribution in [-0.2, 0) is 14.2 Å². The van der Waals surface area contributed by atoms with Crippen LogP contribution in [0.1, 0.15) is 6.92 Å². The van der Waals surface area contributed by atoms with Crippen LogP contribution >= 0.6 is 0 Å². The van der Waals surface area contributed by atoms with E-state index in [1.807, 2.05) is 0 Å². The molecule has 1 unspecified atom stereocenters. The molecule has 0 amide bonds. The molecule has 0 saturated carbocycles. The van der Waals surface area contributed by atoms with E-state index in [0.717, 1.165) is 0 Å². The van der Waals surface area contributed by atoms with Crippen molar-refractivity contribution in [2.24, 2.45) is 0 Å². The Bertz CT molecular complexity index is 82.4. The molecule has 3 heteroatoms. The second kappa shape index (κ2) is 3.15. The fraction of sp³-hybridized carbons (Fsp3) is 0.833. The standard InChI is InChI=1S/C6H11O3/c1-5-8-4-6(9-5)3-7-2/h6H,3-4H2,1-2H3. The van der Waals surface area contributed by atoms with Crippen LogP contribution < -0.4 is 0 Å². The van der Waals surface area contributed by atoms with Crippen molar-refractivity contribution in [2.75, 3.05) is 20.3 Å². The van der Waals surface area contributed by atoms with Crippen LogP contribution in [0.2, 0.25) is 0 Å². The number of hydrogen-bond donors (Lipinski definition) is 0. The molecule has 1 radical (unpaired) electrons. The molecule has 1 rings (SSSR count). The predicted molar refractivity (Wildman–Crippen MR) is 31.6 cm³/mol. The summed E-state index contributed by atoms with van der Waals surface area (Å²) in [5.41, 5.74) is 0. The molecule has 9 heavy (non-hydrogen) atoms. The lowest BCUT2D eigenvalue weighted by Gasteiger charge is -2.04. The smallest absolute Gasteiger partial charge is 0.221 e. The second-order valence-electron chi connectivity index (χ2n) is 2.00. The third kappa shape index (κ3) is 1.93. The Morgan fingerprint density at radius 1 is 1.78 bits per heavy atom. The van der Waals surface area contributed by atoms with Crippen molar-refractivity contribution in [1.29, 1.82) is 0 Å². The van der Waals surface area contributed by atoms with E-state index >= 15 is 0 Å². The maximum Gasteiger partial charge on any atom is 0.221 e. The van der Waals surface area contributed by atoms with E-state index in [1.165, 1.54) is 0 Å². The van der Waals surface area contributed by atoms with Gasteiger partial charge in [-0.25, -0.2) is 0 Å². The number of hydrogen-bond acceptors (Lipinski definition) is 3. The highest BCUT2D eigenvalue weighted by atomic mass is 16.7. The van der Waals surface area contributed by atoms with Gasteiger partial charge in [0.25, 0.3) is 0 Å². The van der Waals surface area contributed by atoms with E-state index in [9.17, 15) is 0 Å². The molecule has 3 nitrogen and oxygen atoms in total. The molecule has 1 aliphatic heterocycles. The van der Waals surface area contributed by atoms with Crippen LogP contribution in [0, 0.1) is 6.29 Å². The molecule has 0 spiro atoms. The SMILES string of the molecule is COCC1CO[C](C)O1. The van der Waals surface area contributed by atoms with Gasteiger partial charge in [0.15, 0.2) is 0 Å². The van der Waals surface area contributed by atoms with Crippen molar-refractivity contribution in [3.8, 4) is 0 Å². The number of ether oxygens (including phenoxy) is 3. The molecule has 0 aromatic rings. The van der Waals surface area contributed by atoms with Crippen LogP contribution in [0.3, 0.4) is 0 Å². The van der Waals surface area contributed by atoms with Gasteiger partial charge in [0, 0.05) is 7.11 Å². The zero-order valence-electron chi connectivity index (χ0n) is 5.72. The highest BCUT2D eigenvalue weighted by Gasteiger charge is 2.22. The zero-order valence-corrected chi connectivity index (χ0v) is 5.72. The van der Waals surface area contributed by atoms with Crippen LogP contribution in [-0.4, -0.2) is 26.4 Å². The van der Waals surface area contributed by atoms with Crippen LogP contribution in [0.4, 0.5) is 0 Å². The largest absolute Gasteiger partial charge is 0.382 e. The molecular weight excluding hydrogens is 120 g/mol. The third-order valence-electron chi connectivity index (χ3n) is 1.16. The summed E-state index contributed by atoms with van der Waals surface area (Å²) in [6, 6.07) is 0. The fourth-order valence-corrected chi connectivity index (χ4v) is 0.781.